The molecule has 1 aromatic heterocycles. The van der Waals surface area contributed by atoms with Crippen molar-refractivity contribution >= 4 is 21.4 Å². The van der Waals surface area contributed by atoms with E-state index in [0.717, 1.165) is 32.1 Å². The highest BCUT2D eigenvalue weighted by Crippen LogP contribution is 2.31. The molecule has 2 N–H and O–H groups in total. The number of ether oxygens (including phenoxy) is 1. The van der Waals surface area contributed by atoms with Gasteiger partial charge in [0.1, 0.15) is 16.3 Å². The number of hydrogen-bond donors (Lipinski definition) is 2. The summed E-state index contributed by atoms with van der Waals surface area (Å²) in [5, 5.41) is 11.3. The Bertz CT molecular complexity index is 1310. The summed E-state index contributed by atoms with van der Waals surface area (Å²) in [6, 6.07) is 13.5. The van der Waals surface area contributed by atoms with Gasteiger partial charge in [-0.1, -0.05) is 37.5 Å². The van der Waals surface area contributed by atoms with Crippen molar-refractivity contribution < 1.29 is 13.2 Å². The Morgan fingerprint density at radius 1 is 1.06 bits per heavy atom. The number of hydrogen-bond acceptors (Lipinski definition) is 6. The predicted molar refractivity (Wildman–Crippen MR) is 125 cm³/mol. The van der Waals surface area contributed by atoms with Gasteiger partial charge in [0.25, 0.3) is 5.56 Å². The number of aromatic nitrogens is 2. The summed E-state index contributed by atoms with van der Waals surface area (Å²) in [7, 11) is -2.34. The van der Waals surface area contributed by atoms with Crippen molar-refractivity contribution in [2.24, 2.45) is 10.2 Å². The van der Waals surface area contributed by atoms with Crippen LogP contribution >= 0.6 is 0 Å². The zero-order chi connectivity index (χ0) is 23.4. The Kier molecular flexibility index (Phi) is 6.75. The van der Waals surface area contributed by atoms with E-state index in [1.807, 2.05) is 18.2 Å². The lowest BCUT2D eigenvalue weighted by Gasteiger charge is -2.22. The summed E-state index contributed by atoms with van der Waals surface area (Å²) in [5.41, 5.74) is 0.998. The van der Waals surface area contributed by atoms with Gasteiger partial charge in [-0.2, -0.15) is 0 Å². The number of nitrogens with zero attached hydrogens (tertiary/aromatic N) is 3. The minimum absolute atomic E-state index is 0.00537. The maximum absolute atomic E-state index is 13.1. The molecule has 1 heterocycles. The second-order valence-electron chi connectivity index (χ2n) is 8.05. The van der Waals surface area contributed by atoms with Crippen LogP contribution < -0.4 is 15.0 Å². The van der Waals surface area contributed by atoms with Crippen LogP contribution in [0.1, 0.15) is 37.8 Å². The van der Waals surface area contributed by atoms with Gasteiger partial charge in [0.05, 0.1) is 18.5 Å². The summed E-state index contributed by atoms with van der Waals surface area (Å²) in [4.78, 5) is 12.9. The molecule has 3 aromatic rings. The second-order valence-corrected chi connectivity index (χ2v) is 9.73. The molecule has 4 rings (SSSR count). The highest BCUT2D eigenvalue weighted by molar-refractivity contribution is 7.89. The Balaban J connectivity index is 1.70. The fraction of sp³-hybridized carbons (Fsp3) is 0.348. The molecule has 0 atom stereocenters. The summed E-state index contributed by atoms with van der Waals surface area (Å²) < 4.78 is 35.7. The van der Waals surface area contributed by atoms with Gasteiger partial charge in [-0.25, -0.2) is 17.8 Å². The lowest BCUT2D eigenvalue weighted by atomic mass is 9.96. The van der Waals surface area contributed by atoms with Crippen LogP contribution in [0.3, 0.4) is 0 Å². The minimum Gasteiger partial charge on any atom is -0.497 e. The molecule has 0 amide bonds. The first-order valence-corrected chi connectivity index (χ1v) is 12.4. The monoisotopic (exact) mass is 469 g/mol. The van der Waals surface area contributed by atoms with E-state index < -0.39 is 10.0 Å². The average Bonchev–Trinajstić information content (AvgIpc) is 3.11. The third kappa shape index (κ3) is 5.07. The largest absolute Gasteiger partial charge is 0.497 e. The number of nitrogens with one attached hydrogen (secondary N) is 2. The maximum atomic E-state index is 13.1. The Hall–Kier alpha value is -3.24. The first-order valence-electron chi connectivity index (χ1n) is 10.9. The number of aromatic amines is 1. The number of aryl methyl sites for hydroxylation is 1. The van der Waals surface area contributed by atoms with E-state index in [0.29, 0.717) is 17.1 Å². The molecule has 0 spiro atoms. The molecule has 0 radical (unpaired) electrons. The fourth-order valence-electron chi connectivity index (χ4n) is 3.95. The van der Waals surface area contributed by atoms with Crippen molar-refractivity contribution in [2.45, 2.75) is 50.0 Å². The van der Waals surface area contributed by atoms with E-state index in [1.165, 1.54) is 23.9 Å². The normalized spacial score (nSPS) is 15.2. The fourth-order valence-corrected chi connectivity index (χ4v) is 5.37. The van der Waals surface area contributed by atoms with Gasteiger partial charge in [0.15, 0.2) is 5.69 Å². The quantitative estimate of drug-likeness (QED) is 0.495. The molecule has 1 aliphatic rings. The minimum atomic E-state index is -3.83. The van der Waals surface area contributed by atoms with Crippen LogP contribution in [-0.4, -0.2) is 31.3 Å². The smallest absolute Gasteiger partial charge is 0.299 e. The Morgan fingerprint density at radius 3 is 2.48 bits per heavy atom. The lowest BCUT2D eigenvalue weighted by Crippen LogP contribution is -2.36. The summed E-state index contributed by atoms with van der Waals surface area (Å²) in [6.45, 7) is 1.71. The standard InChI is InChI=1S/C23H27N5O4S/c1-16-22(23(29)28(26-16)18-11-7-4-8-12-18)25-24-20-15-19(32-2)13-14-21(20)33(30,31)27-17-9-5-3-6-10-17/h4,7-8,11-15,17,26-27H,3,5-6,9-10H2,1-2H3. The number of rotatable bonds is 7. The first-order chi connectivity index (χ1) is 15.9. The van der Waals surface area contributed by atoms with Crippen molar-refractivity contribution in [3.8, 4) is 11.4 Å². The molecule has 2 aromatic carbocycles. The molecule has 33 heavy (non-hydrogen) atoms. The molecule has 10 heteroatoms. The summed E-state index contributed by atoms with van der Waals surface area (Å²) >= 11 is 0. The molecular formula is C23H27N5O4S. The van der Waals surface area contributed by atoms with E-state index in [2.05, 4.69) is 20.0 Å². The molecule has 174 valence electrons. The van der Waals surface area contributed by atoms with Gasteiger partial charge in [-0.3, -0.25) is 9.89 Å². The summed E-state index contributed by atoms with van der Waals surface area (Å²) in [5.74, 6) is 0.438. The van der Waals surface area contributed by atoms with Crippen LogP contribution in [0.25, 0.3) is 5.69 Å². The SMILES string of the molecule is COc1ccc(S(=O)(=O)NC2CCCCC2)c(N=Nc2c(C)[nH]n(-c3ccccc3)c2=O)c1. The number of azo groups is 1. The van der Waals surface area contributed by atoms with Crippen molar-refractivity contribution in [1.82, 2.24) is 14.5 Å². The zero-order valence-corrected chi connectivity index (χ0v) is 19.4. The number of methoxy groups -OCH3 is 1. The molecule has 0 aliphatic heterocycles. The third-order valence-electron chi connectivity index (χ3n) is 5.70. The van der Waals surface area contributed by atoms with E-state index in [9.17, 15) is 13.2 Å². The average molecular weight is 470 g/mol. The van der Waals surface area contributed by atoms with E-state index in [-0.39, 0.29) is 27.9 Å². The molecular weight excluding hydrogens is 442 g/mol. The van der Waals surface area contributed by atoms with Gasteiger partial charge >= 0.3 is 0 Å². The van der Waals surface area contributed by atoms with Crippen molar-refractivity contribution in [3.63, 3.8) is 0 Å². The maximum Gasteiger partial charge on any atom is 0.299 e. The highest BCUT2D eigenvalue weighted by Gasteiger charge is 2.25. The lowest BCUT2D eigenvalue weighted by molar-refractivity contribution is 0.411. The molecule has 1 aliphatic carbocycles. The number of H-pyrrole nitrogens is 1. The summed E-state index contributed by atoms with van der Waals surface area (Å²) in [6.07, 6.45) is 4.75. The molecule has 0 unspecified atom stereocenters. The van der Waals surface area contributed by atoms with Gasteiger partial charge < -0.3 is 4.74 Å². The molecule has 9 nitrogen and oxygen atoms in total. The first kappa shape index (κ1) is 22.9. The highest BCUT2D eigenvalue weighted by atomic mass is 32.2. The third-order valence-corrected chi connectivity index (χ3v) is 7.26. The van der Waals surface area contributed by atoms with E-state index in [4.69, 9.17) is 4.74 Å². The predicted octanol–water partition coefficient (Wildman–Crippen LogP) is 4.51. The number of sulfonamides is 1. The Morgan fingerprint density at radius 2 is 1.79 bits per heavy atom. The van der Waals surface area contributed by atoms with E-state index >= 15 is 0 Å². The van der Waals surface area contributed by atoms with Gasteiger partial charge in [-0.05, 0) is 44.0 Å². The van der Waals surface area contributed by atoms with Crippen molar-refractivity contribution in [2.75, 3.05) is 7.11 Å². The second kappa shape index (κ2) is 9.72. The van der Waals surface area contributed by atoms with E-state index in [1.54, 1.807) is 25.1 Å². The van der Waals surface area contributed by atoms with Crippen LogP contribution in [0.4, 0.5) is 11.4 Å². The topological polar surface area (TPSA) is 118 Å². The molecule has 1 fully saturated rings. The van der Waals surface area contributed by atoms with Gasteiger partial charge in [-0.15, -0.1) is 10.2 Å². The molecule has 0 bridgehead atoms. The Labute approximate surface area is 192 Å². The van der Waals surface area contributed by atoms with Crippen LogP contribution in [-0.2, 0) is 10.0 Å². The van der Waals surface area contributed by atoms with Gasteiger partial charge in [0, 0.05) is 12.1 Å². The van der Waals surface area contributed by atoms with Crippen LogP contribution in [0.5, 0.6) is 5.75 Å². The number of benzene rings is 2. The molecule has 1 saturated carbocycles. The zero-order valence-electron chi connectivity index (χ0n) is 18.6. The van der Waals surface area contributed by atoms with Crippen LogP contribution in [0, 0.1) is 6.92 Å². The molecule has 0 saturated heterocycles. The van der Waals surface area contributed by atoms with Crippen molar-refractivity contribution in [3.05, 3.63) is 64.6 Å². The number of para-hydroxylation sites is 1. The van der Waals surface area contributed by atoms with Crippen molar-refractivity contribution in [1.29, 1.82) is 0 Å². The van der Waals surface area contributed by atoms with Crippen LogP contribution in [0.15, 0.2) is 68.4 Å². The van der Waals surface area contributed by atoms with Crippen LogP contribution in [0.2, 0.25) is 0 Å². The van der Waals surface area contributed by atoms with Gasteiger partial charge in [0.2, 0.25) is 10.0 Å².